The van der Waals surface area contributed by atoms with Crippen molar-refractivity contribution in [2.75, 3.05) is 6.61 Å². The molecule has 4 rings (SSSR count). The van der Waals surface area contributed by atoms with E-state index < -0.39 is 23.5 Å². The van der Waals surface area contributed by atoms with Gasteiger partial charge in [0.2, 0.25) is 0 Å². The fourth-order valence-electron chi connectivity index (χ4n) is 7.36. The van der Waals surface area contributed by atoms with Crippen LogP contribution in [0.2, 0.25) is 0 Å². The summed E-state index contributed by atoms with van der Waals surface area (Å²) in [5.74, 6) is -1.31. The quantitative estimate of drug-likeness (QED) is 0.180. The molecule has 1 saturated carbocycles. The summed E-state index contributed by atoms with van der Waals surface area (Å²) in [5, 5.41) is 0. The smallest absolute Gasteiger partial charge is 0.349 e. The maximum absolute atomic E-state index is 14.4. The molecule has 3 atom stereocenters. The lowest BCUT2D eigenvalue weighted by atomic mass is 9.64. The second-order valence-electron chi connectivity index (χ2n) is 12.1. The van der Waals surface area contributed by atoms with Crippen molar-refractivity contribution in [3.8, 4) is 0 Å². The number of fused-ring (bicyclic) bond motifs is 1. The molecule has 0 spiro atoms. The summed E-state index contributed by atoms with van der Waals surface area (Å²) in [4.78, 5) is 0. The lowest BCUT2D eigenvalue weighted by molar-refractivity contribution is -0.329. The van der Waals surface area contributed by atoms with Crippen molar-refractivity contribution >= 4 is 0 Å². The zero-order valence-corrected chi connectivity index (χ0v) is 24.4. The van der Waals surface area contributed by atoms with Gasteiger partial charge in [0.15, 0.2) is 11.9 Å². The van der Waals surface area contributed by atoms with Gasteiger partial charge in [-0.05, 0) is 36.8 Å². The minimum absolute atomic E-state index is 0.00302. The molecule has 40 heavy (non-hydrogen) atoms. The molecule has 1 aliphatic heterocycles. The largest absolute Gasteiger partial charge is 0.414 e. The maximum Gasteiger partial charge on any atom is 0.414 e. The van der Waals surface area contributed by atoms with Gasteiger partial charge in [-0.1, -0.05) is 138 Å². The van der Waals surface area contributed by atoms with Gasteiger partial charge in [-0.15, -0.1) is 0 Å². The van der Waals surface area contributed by atoms with Crippen LogP contribution >= 0.6 is 0 Å². The summed E-state index contributed by atoms with van der Waals surface area (Å²) >= 11 is 0. The van der Waals surface area contributed by atoms with Gasteiger partial charge < -0.3 is 9.47 Å². The molecule has 2 fully saturated rings. The zero-order chi connectivity index (χ0) is 28.3. The Morgan fingerprint density at radius 2 is 1.25 bits per heavy atom. The number of hydrogen-bond donors (Lipinski definition) is 0. The van der Waals surface area contributed by atoms with Gasteiger partial charge in [0, 0.05) is 17.8 Å². The molecule has 0 bridgehead atoms. The normalized spacial score (nSPS) is 23.5. The van der Waals surface area contributed by atoms with Crippen molar-refractivity contribution in [1.29, 1.82) is 0 Å². The Labute approximate surface area is 240 Å². The van der Waals surface area contributed by atoms with Crippen LogP contribution in [0.15, 0.2) is 60.7 Å². The van der Waals surface area contributed by atoms with Gasteiger partial charge in [0.05, 0.1) is 6.61 Å². The van der Waals surface area contributed by atoms with Crippen LogP contribution in [-0.4, -0.2) is 24.7 Å². The molecule has 5 heteroatoms. The van der Waals surface area contributed by atoms with Crippen molar-refractivity contribution in [3.05, 3.63) is 71.8 Å². The first-order valence-electron chi connectivity index (χ1n) is 15.9. The predicted molar refractivity (Wildman–Crippen MR) is 156 cm³/mol. The molecular formula is C35H49F3O2. The standard InChI is InChI=1S/C35H49F3O2/c1-2-3-4-5-6-7-8-9-10-11-18-24-31(35(36,37)38)40-34-26-19-25-33(34,27-28-39-34)32(29-20-14-12-15-21-29)30-22-16-13-17-23-30/h12-17,20-23,31-32H,2-11,18-19,24-28H2,1H3/t31-,33-,34+/m1/s1. The van der Waals surface area contributed by atoms with Crippen LogP contribution in [0.1, 0.15) is 127 Å². The van der Waals surface area contributed by atoms with E-state index in [2.05, 4.69) is 31.2 Å². The van der Waals surface area contributed by atoms with Gasteiger partial charge >= 0.3 is 6.18 Å². The van der Waals surface area contributed by atoms with Crippen LogP contribution in [0.25, 0.3) is 0 Å². The molecule has 2 aliphatic rings. The first-order valence-corrected chi connectivity index (χ1v) is 15.9. The van der Waals surface area contributed by atoms with Gasteiger partial charge in [0.1, 0.15) is 0 Å². The Morgan fingerprint density at radius 1 is 0.725 bits per heavy atom. The van der Waals surface area contributed by atoms with Crippen molar-refractivity contribution in [2.24, 2.45) is 5.41 Å². The number of benzene rings is 2. The third kappa shape index (κ3) is 7.50. The van der Waals surface area contributed by atoms with E-state index in [4.69, 9.17) is 9.47 Å². The topological polar surface area (TPSA) is 18.5 Å². The van der Waals surface area contributed by atoms with Gasteiger partial charge in [-0.2, -0.15) is 13.2 Å². The fraction of sp³-hybridized carbons (Fsp3) is 0.657. The molecule has 1 saturated heterocycles. The lowest BCUT2D eigenvalue weighted by Gasteiger charge is -2.46. The molecule has 1 aliphatic carbocycles. The highest BCUT2D eigenvalue weighted by molar-refractivity contribution is 5.37. The van der Waals surface area contributed by atoms with E-state index in [1.807, 2.05) is 36.4 Å². The minimum atomic E-state index is -4.41. The molecule has 0 unspecified atom stereocenters. The summed E-state index contributed by atoms with van der Waals surface area (Å²) in [5.41, 5.74) is 1.70. The van der Waals surface area contributed by atoms with E-state index >= 15 is 0 Å². The Morgan fingerprint density at radius 3 is 1.77 bits per heavy atom. The van der Waals surface area contributed by atoms with Crippen LogP contribution in [0.4, 0.5) is 13.2 Å². The van der Waals surface area contributed by atoms with E-state index in [1.54, 1.807) is 0 Å². The van der Waals surface area contributed by atoms with Gasteiger partial charge in [-0.3, -0.25) is 0 Å². The summed E-state index contributed by atoms with van der Waals surface area (Å²) in [6, 6.07) is 20.4. The number of ether oxygens (including phenoxy) is 2. The van der Waals surface area contributed by atoms with Crippen LogP contribution in [0.5, 0.6) is 0 Å². The minimum Gasteiger partial charge on any atom is -0.349 e. The molecule has 2 nitrogen and oxygen atoms in total. The molecule has 2 aromatic carbocycles. The Balaban J connectivity index is 1.42. The Kier molecular flexibility index (Phi) is 11.6. The van der Waals surface area contributed by atoms with Gasteiger partial charge in [0.25, 0.3) is 0 Å². The zero-order valence-electron chi connectivity index (χ0n) is 24.4. The Hall–Kier alpha value is -1.85. The predicted octanol–water partition coefficient (Wildman–Crippen LogP) is 10.8. The first-order chi connectivity index (χ1) is 19.4. The molecule has 1 heterocycles. The second-order valence-corrected chi connectivity index (χ2v) is 12.1. The number of unbranched alkanes of at least 4 members (excludes halogenated alkanes) is 10. The summed E-state index contributed by atoms with van der Waals surface area (Å²) in [6.07, 6.45) is 8.96. The van der Waals surface area contributed by atoms with E-state index in [9.17, 15) is 13.2 Å². The average molecular weight is 559 g/mol. The van der Waals surface area contributed by atoms with E-state index in [-0.39, 0.29) is 12.3 Å². The third-order valence-corrected chi connectivity index (χ3v) is 9.36. The SMILES string of the molecule is CCCCCCCCCCCCC[C@@H](O[C@@]12CCC[C@]1(C(c1ccccc1)c1ccccc1)CCO2)C(F)(F)F. The first kappa shape index (κ1) is 31.1. The van der Waals surface area contributed by atoms with E-state index in [1.165, 1.54) is 44.9 Å². The van der Waals surface area contributed by atoms with Crippen molar-refractivity contribution < 1.29 is 22.6 Å². The van der Waals surface area contributed by atoms with Crippen LogP contribution in [0.3, 0.4) is 0 Å². The monoisotopic (exact) mass is 558 g/mol. The molecule has 0 radical (unpaired) electrons. The fourth-order valence-corrected chi connectivity index (χ4v) is 7.36. The summed E-state index contributed by atoms with van der Waals surface area (Å²) in [6.45, 7) is 2.66. The van der Waals surface area contributed by atoms with Crippen LogP contribution in [-0.2, 0) is 9.47 Å². The van der Waals surface area contributed by atoms with Gasteiger partial charge in [-0.25, -0.2) is 0 Å². The van der Waals surface area contributed by atoms with Crippen molar-refractivity contribution in [2.45, 2.75) is 134 Å². The number of halogens is 3. The maximum atomic E-state index is 14.4. The van der Waals surface area contributed by atoms with Crippen molar-refractivity contribution in [3.63, 3.8) is 0 Å². The molecule has 0 amide bonds. The average Bonchev–Trinajstić information content (AvgIpc) is 3.47. The van der Waals surface area contributed by atoms with Crippen molar-refractivity contribution in [1.82, 2.24) is 0 Å². The summed E-state index contributed by atoms with van der Waals surface area (Å²) < 4.78 is 55.8. The molecule has 0 aromatic heterocycles. The highest BCUT2D eigenvalue weighted by Crippen LogP contribution is 2.64. The van der Waals surface area contributed by atoms with Crippen LogP contribution in [0, 0.1) is 5.41 Å². The second kappa shape index (κ2) is 14.9. The highest BCUT2D eigenvalue weighted by atomic mass is 19.4. The number of alkyl halides is 3. The van der Waals surface area contributed by atoms with E-state index in [0.717, 1.165) is 43.2 Å². The molecule has 222 valence electrons. The molecule has 2 aromatic rings. The van der Waals surface area contributed by atoms with Crippen LogP contribution < -0.4 is 0 Å². The third-order valence-electron chi connectivity index (χ3n) is 9.36. The highest BCUT2D eigenvalue weighted by Gasteiger charge is 2.66. The molecule has 0 N–H and O–H groups in total. The number of hydrogen-bond acceptors (Lipinski definition) is 2. The summed E-state index contributed by atoms with van der Waals surface area (Å²) in [7, 11) is 0. The number of rotatable bonds is 17. The Bertz CT molecular complexity index is 926. The molecular weight excluding hydrogens is 509 g/mol. The van der Waals surface area contributed by atoms with E-state index in [0.29, 0.717) is 25.9 Å². The lowest BCUT2D eigenvalue weighted by Crippen LogP contribution is -2.51.